The molecule has 4 aliphatic carbocycles. The molecule has 4 rings (SSSR count). The lowest BCUT2D eigenvalue weighted by atomic mass is 9.56. The summed E-state index contributed by atoms with van der Waals surface area (Å²) in [6, 6.07) is 0. The van der Waals surface area contributed by atoms with Gasteiger partial charge in [0.2, 0.25) is 0 Å². The van der Waals surface area contributed by atoms with Crippen molar-refractivity contribution in [2.75, 3.05) is 0 Å². The van der Waals surface area contributed by atoms with Crippen molar-refractivity contribution in [1.29, 1.82) is 0 Å². The highest BCUT2D eigenvalue weighted by atomic mass is 16.6. The Morgan fingerprint density at radius 2 is 1.56 bits per heavy atom. The summed E-state index contributed by atoms with van der Waals surface area (Å²) in [5, 5.41) is 58.9. The smallest absolute Gasteiger partial charge is 0.305 e. The van der Waals surface area contributed by atoms with Crippen molar-refractivity contribution in [2.24, 2.45) is 28.6 Å². The first-order valence-corrected chi connectivity index (χ1v) is 12.4. The van der Waals surface area contributed by atoms with Crippen LogP contribution in [0.3, 0.4) is 0 Å². The topological polar surface area (TPSA) is 154 Å². The van der Waals surface area contributed by atoms with Gasteiger partial charge in [0.15, 0.2) is 6.10 Å². The fraction of sp³-hybridized carbons (Fsp3) is 0.920. The molecule has 4 aliphatic rings. The molecule has 0 aromatic carbocycles. The van der Waals surface area contributed by atoms with Crippen LogP contribution in [0.15, 0.2) is 0 Å². The highest BCUT2D eigenvalue weighted by molar-refractivity contribution is 5.69. The summed E-state index contributed by atoms with van der Waals surface area (Å²) in [6.07, 6.45) is -4.08. The number of aliphatic hydroxyl groups excluding tert-OH is 2. The van der Waals surface area contributed by atoms with Gasteiger partial charge in [0.1, 0.15) is 17.8 Å². The monoisotopic (exact) mass is 484 g/mol. The molecule has 0 heterocycles. The largest absolute Gasteiger partial charge is 0.461 e. The van der Waals surface area contributed by atoms with Gasteiger partial charge < -0.3 is 35.0 Å². The number of hydrogen-bond acceptors (Lipinski definition) is 9. The summed E-state index contributed by atoms with van der Waals surface area (Å²) in [7, 11) is 0. The fourth-order valence-electron chi connectivity index (χ4n) is 8.44. The van der Waals surface area contributed by atoms with Gasteiger partial charge in [0.25, 0.3) is 0 Å². The van der Waals surface area contributed by atoms with Gasteiger partial charge >= 0.3 is 11.9 Å². The number of esters is 2. The number of fused-ring (bicyclic) bond motifs is 2. The van der Waals surface area contributed by atoms with Crippen molar-refractivity contribution in [3.8, 4) is 0 Å². The van der Waals surface area contributed by atoms with Crippen molar-refractivity contribution < 1.29 is 44.6 Å². The Balaban J connectivity index is 1.99. The van der Waals surface area contributed by atoms with Crippen molar-refractivity contribution >= 4 is 11.9 Å². The van der Waals surface area contributed by atoms with Gasteiger partial charge in [-0.3, -0.25) is 9.59 Å². The first-order valence-electron chi connectivity index (χ1n) is 12.4. The second kappa shape index (κ2) is 7.62. The maximum atomic E-state index is 12.5. The minimum absolute atomic E-state index is 0.00213. The van der Waals surface area contributed by atoms with E-state index in [0.717, 1.165) is 0 Å². The van der Waals surface area contributed by atoms with E-state index >= 15 is 0 Å². The lowest BCUT2D eigenvalue weighted by molar-refractivity contribution is -0.235. The van der Waals surface area contributed by atoms with E-state index in [0.29, 0.717) is 12.8 Å². The van der Waals surface area contributed by atoms with E-state index in [1.54, 1.807) is 34.6 Å². The van der Waals surface area contributed by atoms with Crippen LogP contribution in [0.25, 0.3) is 0 Å². The van der Waals surface area contributed by atoms with E-state index in [-0.39, 0.29) is 19.3 Å². The maximum absolute atomic E-state index is 12.5. The molecular formula is C25H40O9. The predicted octanol–water partition coefficient (Wildman–Crippen LogP) is 0.671. The second-order valence-corrected chi connectivity index (χ2v) is 12.2. The summed E-state index contributed by atoms with van der Waals surface area (Å²) in [4.78, 5) is 24.7. The third-order valence-corrected chi connectivity index (χ3v) is 10.2. The van der Waals surface area contributed by atoms with Gasteiger partial charge in [-0.1, -0.05) is 20.8 Å². The molecule has 4 saturated carbocycles. The minimum atomic E-state index is -1.99. The molecule has 0 saturated heterocycles. The SMILES string of the molecule is CCC(=O)OC1C2CCC3C(C)(O)C4CC(O)C(C)(C)C4(O)C(OC(C)=O)C(O)C13CC2(C)O. The average molecular weight is 485 g/mol. The van der Waals surface area contributed by atoms with Crippen LogP contribution in [0.5, 0.6) is 0 Å². The molecule has 194 valence electrons. The van der Waals surface area contributed by atoms with Crippen LogP contribution in [0.2, 0.25) is 0 Å². The van der Waals surface area contributed by atoms with Gasteiger partial charge in [0.05, 0.1) is 17.3 Å². The van der Waals surface area contributed by atoms with Crippen molar-refractivity contribution in [1.82, 2.24) is 0 Å². The zero-order valence-corrected chi connectivity index (χ0v) is 20.9. The Morgan fingerprint density at radius 1 is 0.941 bits per heavy atom. The third-order valence-electron chi connectivity index (χ3n) is 10.2. The van der Waals surface area contributed by atoms with Crippen molar-refractivity contribution in [3.05, 3.63) is 0 Å². The van der Waals surface area contributed by atoms with E-state index in [4.69, 9.17) is 9.47 Å². The number of rotatable bonds is 3. The Bertz CT molecular complexity index is 866. The molecule has 11 unspecified atom stereocenters. The summed E-state index contributed by atoms with van der Waals surface area (Å²) in [5.41, 5.74) is -7.56. The Kier molecular flexibility index (Phi) is 5.79. The Morgan fingerprint density at radius 3 is 2.12 bits per heavy atom. The lowest BCUT2D eigenvalue weighted by Gasteiger charge is -2.53. The molecule has 0 aromatic rings. The summed E-state index contributed by atoms with van der Waals surface area (Å²) in [5.74, 6) is -3.37. The highest BCUT2D eigenvalue weighted by Crippen LogP contribution is 2.70. The van der Waals surface area contributed by atoms with Crippen LogP contribution >= 0.6 is 0 Å². The van der Waals surface area contributed by atoms with E-state index in [1.165, 1.54) is 6.92 Å². The van der Waals surface area contributed by atoms with Gasteiger partial charge in [-0.2, -0.15) is 0 Å². The number of carbonyl (C=O) groups excluding carboxylic acids is 2. The minimum Gasteiger partial charge on any atom is -0.461 e. The number of aliphatic hydroxyl groups is 5. The first kappa shape index (κ1) is 25.8. The number of carbonyl (C=O) groups is 2. The lowest BCUT2D eigenvalue weighted by Crippen LogP contribution is -2.65. The zero-order valence-electron chi connectivity index (χ0n) is 20.9. The molecular weight excluding hydrogens is 444 g/mol. The van der Waals surface area contributed by atoms with Crippen LogP contribution in [0.1, 0.15) is 73.6 Å². The molecule has 9 heteroatoms. The average Bonchev–Trinajstić information content (AvgIpc) is 2.97. The van der Waals surface area contributed by atoms with Crippen molar-refractivity contribution in [2.45, 2.75) is 115 Å². The normalized spacial score (nSPS) is 53.4. The molecule has 11 atom stereocenters. The third kappa shape index (κ3) is 3.03. The predicted molar refractivity (Wildman–Crippen MR) is 119 cm³/mol. The Labute approximate surface area is 200 Å². The van der Waals surface area contributed by atoms with Crippen molar-refractivity contribution in [3.63, 3.8) is 0 Å². The molecule has 9 nitrogen and oxygen atoms in total. The van der Waals surface area contributed by atoms with Crippen LogP contribution in [-0.2, 0) is 19.1 Å². The summed E-state index contributed by atoms with van der Waals surface area (Å²) < 4.78 is 11.5. The van der Waals surface area contributed by atoms with E-state index in [2.05, 4.69) is 0 Å². The maximum Gasteiger partial charge on any atom is 0.305 e. The van der Waals surface area contributed by atoms with Crippen LogP contribution in [0, 0.1) is 28.6 Å². The van der Waals surface area contributed by atoms with Gasteiger partial charge in [-0.15, -0.1) is 0 Å². The standard InChI is InChI=1S/C25H40O9/c1-7-17(28)34-19-13-8-9-14-23(6,31)15-10-16(27)21(3,4)25(15,32)20(33-12(2)26)18(29)24(14,19)11-22(13,5)30/h13-16,18-20,27,29-32H,7-11H2,1-6H3. The molecule has 0 radical (unpaired) electrons. The summed E-state index contributed by atoms with van der Waals surface area (Å²) in [6.45, 7) is 9.30. The summed E-state index contributed by atoms with van der Waals surface area (Å²) >= 11 is 0. The molecule has 4 fully saturated rings. The van der Waals surface area contributed by atoms with Gasteiger partial charge in [-0.05, 0) is 45.4 Å². The molecule has 0 aliphatic heterocycles. The first-order chi connectivity index (χ1) is 15.5. The molecule has 0 aromatic heterocycles. The van der Waals surface area contributed by atoms with Crippen LogP contribution in [-0.4, -0.2) is 78.7 Å². The molecule has 34 heavy (non-hydrogen) atoms. The Hall–Kier alpha value is -1.26. The molecule has 0 amide bonds. The van der Waals surface area contributed by atoms with E-state index in [1.807, 2.05) is 0 Å². The van der Waals surface area contributed by atoms with Gasteiger partial charge in [-0.25, -0.2) is 0 Å². The quantitative estimate of drug-likeness (QED) is 0.364. The highest BCUT2D eigenvalue weighted by Gasteiger charge is 2.80. The van der Waals surface area contributed by atoms with E-state index < -0.39 is 81.7 Å². The van der Waals surface area contributed by atoms with Gasteiger partial charge in [0, 0.05) is 36.0 Å². The zero-order chi connectivity index (χ0) is 25.6. The number of ether oxygens (including phenoxy) is 2. The molecule has 5 N–H and O–H groups in total. The fourth-order valence-corrected chi connectivity index (χ4v) is 8.44. The number of hydrogen-bond donors (Lipinski definition) is 5. The molecule has 2 bridgehead atoms. The van der Waals surface area contributed by atoms with E-state index in [9.17, 15) is 35.1 Å². The van der Waals surface area contributed by atoms with Crippen LogP contribution < -0.4 is 0 Å². The molecule has 1 spiro atoms. The second-order valence-electron chi connectivity index (χ2n) is 12.2. The van der Waals surface area contributed by atoms with Crippen LogP contribution in [0.4, 0.5) is 0 Å².